The summed E-state index contributed by atoms with van der Waals surface area (Å²) in [5.74, 6) is -0.162. The van der Waals surface area contributed by atoms with E-state index in [0.29, 0.717) is 29.1 Å². The average molecular weight is 414 g/mol. The summed E-state index contributed by atoms with van der Waals surface area (Å²) in [6.07, 6.45) is 0.395. The first kappa shape index (κ1) is 17.2. The van der Waals surface area contributed by atoms with Crippen LogP contribution in [0.5, 0.6) is 5.88 Å². The zero-order chi connectivity index (χ0) is 17.3. The number of anilines is 1. The molecular weight excluding hydrogens is 399 g/mol. The number of halogens is 3. The Labute approximate surface area is 152 Å². The maximum absolute atomic E-state index is 13.1. The van der Waals surface area contributed by atoms with E-state index >= 15 is 0 Å². The minimum Gasteiger partial charge on any atom is -0.471 e. The highest BCUT2D eigenvalue weighted by molar-refractivity contribution is 9.10. The Bertz CT molecular complexity index is 770. The van der Waals surface area contributed by atoms with Crippen LogP contribution in [0.15, 0.2) is 34.9 Å². The van der Waals surface area contributed by atoms with Gasteiger partial charge in [0.1, 0.15) is 28.1 Å². The third-order valence-corrected chi connectivity index (χ3v) is 4.68. The van der Waals surface area contributed by atoms with Crippen molar-refractivity contribution >= 4 is 39.1 Å². The fraction of sp³-hybridized carbons (Fsp3) is 0.294. The first-order valence-corrected chi connectivity index (χ1v) is 8.77. The molecule has 7 heteroatoms. The second-order valence-electron chi connectivity index (χ2n) is 5.63. The third kappa shape index (κ3) is 3.54. The number of ether oxygens (including phenoxy) is 1. The van der Waals surface area contributed by atoms with Gasteiger partial charge in [0.2, 0.25) is 11.8 Å². The van der Waals surface area contributed by atoms with E-state index in [1.54, 1.807) is 17.0 Å². The minimum absolute atomic E-state index is 0.102. The van der Waals surface area contributed by atoms with Gasteiger partial charge in [-0.05, 0) is 52.2 Å². The largest absolute Gasteiger partial charge is 0.471 e. The van der Waals surface area contributed by atoms with Gasteiger partial charge < -0.3 is 9.64 Å². The Morgan fingerprint density at radius 3 is 2.83 bits per heavy atom. The number of fused-ring (bicyclic) bond motifs is 1. The first-order valence-electron chi connectivity index (χ1n) is 7.44. The second kappa shape index (κ2) is 7.07. The van der Waals surface area contributed by atoms with Crippen molar-refractivity contribution in [2.45, 2.75) is 19.4 Å². The molecule has 0 radical (unpaired) electrons. The van der Waals surface area contributed by atoms with Crippen LogP contribution < -0.4 is 9.64 Å². The molecule has 24 heavy (non-hydrogen) atoms. The molecule has 0 N–H and O–H groups in total. The van der Waals surface area contributed by atoms with E-state index in [1.165, 1.54) is 12.1 Å². The number of hydrogen-bond acceptors (Lipinski definition) is 3. The summed E-state index contributed by atoms with van der Waals surface area (Å²) in [5.41, 5.74) is 2.43. The summed E-state index contributed by atoms with van der Waals surface area (Å²) in [5, 5.41) is 0. The molecule has 2 heterocycles. The normalized spacial score (nSPS) is 16.5. The molecule has 3 rings (SSSR count). The molecule has 2 aromatic rings. The molecule has 4 nitrogen and oxygen atoms in total. The van der Waals surface area contributed by atoms with Crippen molar-refractivity contribution in [1.29, 1.82) is 0 Å². The van der Waals surface area contributed by atoms with Crippen molar-refractivity contribution in [2.24, 2.45) is 0 Å². The summed E-state index contributed by atoms with van der Waals surface area (Å²) in [7, 11) is 0. The maximum Gasteiger partial charge on any atom is 0.242 e. The molecule has 0 saturated carbocycles. The van der Waals surface area contributed by atoms with Gasteiger partial charge in [-0.1, -0.05) is 12.1 Å². The summed E-state index contributed by atoms with van der Waals surface area (Å²) in [6, 6.07) is 8.15. The fourth-order valence-electron chi connectivity index (χ4n) is 2.62. The van der Waals surface area contributed by atoms with Gasteiger partial charge in [-0.25, -0.2) is 9.37 Å². The Hall–Kier alpha value is -1.66. The standard InChI is InChI=1S/C17H15BrClFN2O2/c1-10-9-22(15(23)8-19)14-7-12(16(18)21-17(14)24-10)6-11-2-4-13(20)5-3-11/h2-5,7,10H,6,8-9H2,1H3. The molecular formula is C17H15BrClFN2O2. The van der Waals surface area contributed by atoms with Crippen molar-refractivity contribution in [2.75, 3.05) is 17.3 Å². The Morgan fingerprint density at radius 1 is 1.46 bits per heavy atom. The molecule has 1 aromatic heterocycles. The lowest BCUT2D eigenvalue weighted by Gasteiger charge is -2.32. The minimum atomic E-state index is -0.275. The highest BCUT2D eigenvalue weighted by Crippen LogP contribution is 2.36. The van der Waals surface area contributed by atoms with Crippen LogP contribution in [0.25, 0.3) is 0 Å². The number of aromatic nitrogens is 1. The van der Waals surface area contributed by atoms with Crippen LogP contribution in [-0.4, -0.2) is 29.4 Å². The second-order valence-corrected chi connectivity index (χ2v) is 6.65. The van der Waals surface area contributed by atoms with E-state index in [0.717, 1.165) is 11.1 Å². The van der Waals surface area contributed by atoms with E-state index in [1.807, 2.05) is 13.0 Å². The number of carbonyl (C=O) groups excluding carboxylic acids is 1. The van der Waals surface area contributed by atoms with Crippen molar-refractivity contribution in [3.05, 3.63) is 51.9 Å². The number of benzene rings is 1. The van der Waals surface area contributed by atoms with Crippen LogP contribution in [0.3, 0.4) is 0 Å². The van der Waals surface area contributed by atoms with Gasteiger partial charge in [-0.2, -0.15) is 0 Å². The molecule has 1 aromatic carbocycles. The van der Waals surface area contributed by atoms with Crippen molar-refractivity contribution < 1.29 is 13.9 Å². The van der Waals surface area contributed by atoms with E-state index in [4.69, 9.17) is 16.3 Å². The summed E-state index contributed by atoms with van der Waals surface area (Å²) < 4.78 is 19.4. The first-order chi connectivity index (χ1) is 11.5. The molecule has 1 amide bonds. The summed E-state index contributed by atoms with van der Waals surface area (Å²) in [4.78, 5) is 18.2. The van der Waals surface area contributed by atoms with Crippen LogP contribution in [-0.2, 0) is 11.2 Å². The Kier molecular flexibility index (Phi) is 5.06. The van der Waals surface area contributed by atoms with Crippen molar-refractivity contribution in [3.63, 3.8) is 0 Å². The number of carbonyl (C=O) groups is 1. The lowest BCUT2D eigenvalue weighted by atomic mass is 10.1. The quantitative estimate of drug-likeness (QED) is 0.566. The van der Waals surface area contributed by atoms with E-state index in [2.05, 4.69) is 20.9 Å². The maximum atomic E-state index is 13.1. The van der Waals surface area contributed by atoms with Gasteiger partial charge in [0.05, 0.1) is 6.54 Å². The van der Waals surface area contributed by atoms with Gasteiger partial charge in [-0.3, -0.25) is 4.79 Å². The van der Waals surface area contributed by atoms with Crippen LogP contribution in [0.2, 0.25) is 0 Å². The lowest BCUT2D eigenvalue weighted by Crippen LogP contribution is -2.43. The van der Waals surface area contributed by atoms with Gasteiger partial charge in [-0.15, -0.1) is 11.6 Å². The summed E-state index contributed by atoms with van der Waals surface area (Å²) >= 11 is 9.16. The molecule has 1 aliphatic heterocycles. The molecule has 0 aliphatic carbocycles. The van der Waals surface area contributed by atoms with Crippen LogP contribution in [0.1, 0.15) is 18.1 Å². The average Bonchev–Trinajstić information content (AvgIpc) is 2.56. The number of pyridine rings is 1. The van der Waals surface area contributed by atoms with Crippen LogP contribution in [0, 0.1) is 5.82 Å². The summed E-state index contributed by atoms with van der Waals surface area (Å²) in [6.45, 7) is 2.30. The van der Waals surface area contributed by atoms with Gasteiger partial charge in [0, 0.05) is 6.42 Å². The molecule has 1 unspecified atom stereocenters. The predicted molar refractivity (Wildman–Crippen MR) is 94.3 cm³/mol. The van der Waals surface area contributed by atoms with Gasteiger partial charge in [0.15, 0.2) is 0 Å². The van der Waals surface area contributed by atoms with E-state index in [9.17, 15) is 9.18 Å². The highest BCUT2D eigenvalue weighted by Gasteiger charge is 2.29. The van der Waals surface area contributed by atoms with Crippen LogP contribution in [0.4, 0.5) is 10.1 Å². The molecule has 1 aliphatic rings. The Morgan fingerprint density at radius 2 is 2.17 bits per heavy atom. The molecule has 0 saturated heterocycles. The number of amides is 1. The van der Waals surface area contributed by atoms with Crippen molar-refractivity contribution in [1.82, 2.24) is 4.98 Å². The fourth-order valence-corrected chi connectivity index (χ4v) is 3.18. The number of rotatable bonds is 3. The third-order valence-electron chi connectivity index (χ3n) is 3.76. The number of nitrogens with zero attached hydrogens (tertiary/aromatic N) is 2. The van der Waals surface area contributed by atoms with Crippen LogP contribution >= 0.6 is 27.5 Å². The predicted octanol–water partition coefficient (Wildman–Crippen LogP) is 3.93. The molecule has 126 valence electrons. The smallest absolute Gasteiger partial charge is 0.242 e. The van der Waals surface area contributed by atoms with E-state index in [-0.39, 0.29) is 23.7 Å². The topological polar surface area (TPSA) is 42.4 Å². The Balaban J connectivity index is 1.97. The monoisotopic (exact) mass is 412 g/mol. The zero-order valence-electron chi connectivity index (χ0n) is 12.9. The zero-order valence-corrected chi connectivity index (χ0v) is 15.3. The number of alkyl halides is 1. The van der Waals surface area contributed by atoms with Gasteiger partial charge in [0.25, 0.3) is 0 Å². The molecule has 0 spiro atoms. The SMILES string of the molecule is CC1CN(C(=O)CCl)c2cc(Cc3ccc(F)cc3)c(Br)nc2O1. The molecule has 0 bridgehead atoms. The van der Waals surface area contributed by atoms with E-state index < -0.39 is 0 Å². The lowest BCUT2D eigenvalue weighted by molar-refractivity contribution is -0.116. The molecule has 0 fully saturated rings. The number of hydrogen-bond donors (Lipinski definition) is 0. The molecule has 1 atom stereocenters. The van der Waals surface area contributed by atoms with Gasteiger partial charge >= 0.3 is 0 Å². The highest BCUT2D eigenvalue weighted by atomic mass is 79.9. The van der Waals surface area contributed by atoms with Crippen molar-refractivity contribution in [3.8, 4) is 5.88 Å².